The van der Waals surface area contributed by atoms with Gasteiger partial charge < -0.3 is 5.32 Å². The number of ketones is 1. The van der Waals surface area contributed by atoms with Gasteiger partial charge in [0.15, 0.2) is 5.78 Å². The van der Waals surface area contributed by atoms with Gasteiger partial charge in [-0.1, -0.05) is 30.3 Å². The van der Waals surface area contributed by atoms with Crippen LogP contribution in [0.3, 0.4) is 0 Å². The second kappa shape index (κ2) is 5.69. The first-order valence-corrected chi connectivity index (χ1v) is 8.25. The van der Waals surface area contributed by atoms with Gasteiger partial charge in [-0.05, 0) is 38.8 Å². The minimum absolute atomic E-state index is 0.264. The van der Waals surface area contributed by atoms with Crippen molar-refractivity contribution < 1.29 is 4.79 Å². The molecular weight excluding hydrogens is 274 g/mol. The van der Waals surface area contributed by atoms with Crippen LogP contribution in [0.1, 0.15) is 47.8 Å². The zero-order valence-electron chi connectivity index (χ0n) is 12.7. The lowest BCUT2D eigenvalue weighted by Crippen LogP contribution is -2.31. The lowest BCUT2D eigenvalue weighted by Gasteiger charge is -2.25. The van der Waals surface area contributed by atoms with Gasteiger partial charge in [0, 0.05) is 12.0 Å². The van der Waals surface area contributed by atoms with Crippen LogP contribution in [0.4, 0.5) is 0 Å². The number of carbonyl (C=O) groups excluding carboxylic acids is 1. The molecule has 0 unspecified atom stereocenters. The summed E-state index contributed by atoms with van der Waals surface area (Å²) in [6.07, 6.45) is 4.78. The minimum Gasteiger partial charge on any atom is -0.317 e. The second-order valence-electron chi connectivity index (χ2n) is 6.24. The van der Waals surface area contributed by atoms with E-state index < -0.39 is 0 Å². The molecule has 0 saturated carbocycles. The van der Waals surface area contributed by atoms with Crippen LogP contribution < -0.4 is 5.32 Å². The molecule has 4 heteroatoms. The average molecular weight is 295 g/mol. The molecule has 0 amide bonds. The summed E-state index contributed by atoms with van der Waals surface area (Å²) in [5.41, 5.74) is 4.00. The highest BCUT2D eigenvalue weighted by Crippen LogP contribution is 2.34. The highest BCUT2D eigenvalue weighted by atomic mass is 16.1. The van der Waals surface area contributed by atoms with Crippen LogP contribution in [0.25, 0.3) is 11.3 Å². The molecule has 1 aromatic heterocycles. The van der Waals surface area contributed by atoms with Crippen LogP contribution in [0.5, 0.6) is 0 Å². The normalized spacial score (nSPS) is 19.2. The van der Waals surface area contributed by atoms with Crippen molar-refractivity contribution in [2.75, 3.05) is 13.1 Å². The number of carbonyl (C=O) groups is 1. The summed E-state index contributed by atoms with van der Waals surface area (Å²) in [6.45, 7) is 2.07. The van der Waals surface area contributed by atoms with Crippen molar-refractivity contribution in [3.05, 3.63) is 41.6 Å². The summed E-state index contributed by atoms with van der Waals surface area (Å²) >= 11 is 0. The Labute approximate surface area is 130 Å². The molecule has 1 fully saturated rings. The molecular formula is C18H21N3O. The zero-order valence-corrected chi connectivity index (χ0v) is 12.7. The number of hydrogen-bond donors (Lipinski definition) is 1. The summed E-state index contributed by atoms with van der Waals surface area (Å²) in [5.74, 6) is 0.264. The molecule has 114 valence electrons. The molecule has 2 aromatic rings. The molecule has 1 N–H and O–H groups in total. The number of nitrogens with zero attached hydrogens (tertiary/aromatic N) is 2. The van der Waals surface area contributed by atoms with Gasteiger partial charge in [0.25, 0.3) is 0 Å². The van der Waals surface area contributed by atoms with Gasteiger partial charge in [-0.25, -0.2) is 0 Å². The van der Waals surface area contributed by atoms with Crippen molar-refractivity contribution >= 4 is 5.78 Å². The monoisotopic (exact) mass is 295 g/mol. The maximum atomic E-state index is 12.5. The summed E-state index contributed by atoms with van der Waals surface area (Å²) < 4.78 is 2.18. The quantitative estimate of drug-likeness (QED) is 0.926. The fourth-order valence-electron chi connectivity index (χ4n) is 3.69. The van der Waals surface area contributed by atoms with Gasteiger partial charge in [-0.15, -0.1) is 0 Å². The first-order chi connectivity index (χ1) is 10.8. The van der Waals surface area contributed by atoms with Gasteiger partial charge in [-0.2, -0.15) is 5.10 Å². The number of hydrogen-bond acceptors (Lipinski definition) is 3. The number of piperidine rings is 1. The third kappa shape index (κ3) is 2.28. The first-order valence-electron chi connectivity index (χ1n) is 8.25. The minimum atomic E-state index is 0.264. The molecule has 2 heterocycles. The predicted molar refractivity (Wildman–Crippen MR) is 86.1 cm³/mol. The number of aromatic nitrogens is 2. The van der Waals surface area contributed by atoms with Crippen LogP contribution in [-0.2, 0) is 6.42 Å². The summed E-state index contributed by atoms with van der Waals surface area (Å²) in [6, 6.07) is 10.6. The van der Waals surface area contributed by atoms with Crippen molar-refractivity contribution in [3.63, 3.8) is 0 Å². The van der Waals surface area contributed by atoms with Crippen molar-refractivity contribution in [1.82, 2.24) is 15.1 Å². The lowest BCUT2D eigenvalue weighted by atomic mass is 9.92. The summed E-state index contributed by atoms with van der Waals surface area (Å²) in [5, 5.41) is 8.31. The van der Waals surface area contributed by atoms with Gasteiger partial charge in [0.2, 0.25) is 0 Å². The molecule has 22 heavy (non-hydrogen) atoms. The molecule has 1 aromatic carbocycles. The molecule has 1 saturated heterocycles. The smallest absolute Gasteiger partial charge is 0.166 e. The Morgan fingerprint density at radius 3 is 2.64 bits per heavy atom. The van der Waals surface area contributed by atoms with Crippen molar-refractivity contribution in [3.8, 4) is 11.3 Å². The number of rotatable bonds is 2. The van der Waals surface area contributed by atoms with E-state index in [4.69, 9.17) is 5.10 Å². The lowest BCUT2D eigenvalue weighted by molar-refractivity contribution is 0.0972. The van der Waals surface area contributed by atoms with Crippen LogP contribution in [0, 0.1) is 0 Å². The van der Waals surface area contributed by atoms with E-state index in [0.717, 1.165) is 55.6 Å². The number of fused-ring (bicyclic) bond motifs is 1. The fourth-order valence-corrected chi connectivity index (χ4v) is 3.69. The Morgan fingerprint density at radius 2 is 1.86 bits per heavy atom. The van der Waals surface area contributed by atoms with Crippen LogP contribution in [-0.4, -0.2) is 28.7 Å². The topological polar surface area (TPSA) is 46.9 Å². The predicted octanol–water partition coefficient (Wildman–Crippen LogP) is 2.99. The van der Waals surface area contributed by atoms with E-state index in [1.807, 2.05) is 18.2 Å². The van der Waals surface area contributed by atoms with Crippen LogP contribution in [0.15, 0.2) is 30.3 Å². The van der Waals surface area contributed by atoms with E-state index in [1.165, 1.54) is 5.69 Å². The largest absolute Gasteiger partial charge is 0.317 e. The third-order valence-corrected chi connectivity index (χ3v) is 4.81. The number of Topliss-reactive ketones (excluding diaryl/α,β-unsaturated/α-hetero) is 1. The maximum Gasteiger partial charge on any atom is 0.166 e. The highest BCUT2D eigenvalue weighted by molar-refractivity contribution is 6.03. The Hall–Kier alpha value is -1.94. The zero-order chi connectivity index (χ0) is 14.9. The SMILES string of the molecule is O=C1CCCc2c1c(-c1ccccc1)nn2C1CCNCC1. The van der Waals surface area contributed by atoms with Crippen LogP contribution >= 0.6 is 0 Å². The maximum absolute atomic E-state index is 12.5. The standard InChI is InChI=1S/C18H21N3O/c22-16-8-4-7-15-17(16)18(13-5-2-1-3-6-13)20-21(15)14-9-11-19-12-10-14/h1-3,5-6,14,19H,4,7-12H2. The Balaban J connectivity index is 1.84. The summed E-state index contributed by atoms with van der Waals surface area (Å²) in [4.78, 5) is 12.5. The molecule has 1 aliphatic heterocycles. The van der Waals surface area contributed by atoms with Gasteiger partial charge >= 0.3 is 0 Å². The Kier molecular flexibility index (Phi) is 3.54. The molecule has 4 rings (SSSR count). The number of nitrogens with one attached hydrogen (secondary N) is 1. The van der Waals surface area contributed by atoms with E-state index in [9.17, 15) is 4.79 Å². The molecule has 2 aliphatic rings. The summed E-state index contributed by atoms with van der Waals surface area (Å²) in [7, 11) is 0. The van der Waals surface area contributed by atoms with Gasteiger partial charge in [0.1, 0.15) is 5.69 Å². The van der Waals surface area contributed by atoms with Crippen molar-refractivity contribution in [2.45, 2.75) is 38.1 Å². The molecule has 0 radical (unpaired) electrons. The highest BCUT2D eigenvalue weighted by Gasteiger charge is 2.30. The van der Waals surface area contributed by atoms with E-state index in [1.54, 1.807) is 0 Å². The van der Waals surface area contributed by atoms with Crippen molar-refractivity contribution in [2.24, 2.45) is 0 Å². The van der Waals surface area contributed by atoms with E-state index >= 15 is 0 Å². The number of benzene rings is 1. The first kappa shape index (κ1) is 13.7. The Bertz CT molecular complexity index is 684. The van der Waals surface area contributed by atoms with E-state index in [2.05, 4.69) is 22.1 Å². The molecule has 0 spiro atoms. The molecule has 4 nitrogen and oxygen atoms in total. The average Bonchev–Trinajstić information content (AvgIpc) is 2.98. The molecule has 0 bridgehead atoms. The second-order valence-corrected chi connectivity index (χ2v) is 6.24. The third-order valence-electron chi connectivity index (χ3n) is 4.81. The van der Waals surface area contributed by atoms with E-state index in [0.29, 0.717) is 12.5 Å². The van der Waals surface area contributed by atoms with E-state index in [-0.39, 0.29) is 5.78 Å². The van der Waals surface area contributed by atoms with Gasteiger partial charge in [-0.3, -0.25) is 9.48 Å². The molecule has 0 atom stereocenters. The van der Waals surface area contributed by atoms with Crippen molar-refractivity contribution in [1.29, 1.82) is 0 Å². The van der Waals surface area contributed by atoms with Gasteiger partial charge in [0.05, 0.1) is 17.3 Å². The molecule has 1 aliphatic carbocycles. The van der Waals surface area contributed by atoms with Crippen LogP contribution in [0.2, 0.25) is 0 Å². The Morgan fingerprint density at radius 1 is 1.09 bits per heavy atom. The fraction of sp³-hybridized carbons (Fsp3) is 0.444.